The lowest BCUT2D eigenvalue weighted by atomic mass is 10.1. The van der Waals surface area contributed by atoms with Crippen LogP contribution < -0.4 is 0 Å². The normalized spacial score (nSPS) is 19.1. The van der Waals surface area contributed by atoms with Crippen molar-refractivity contribution < 1.29 is 22.7 Å². The Hall–Kier alpha value is -2.48. The van der Waals surface area contributed by atoms with Crippen LogP contribution in [-0.2, 0) is 19.4 Å². The van der Waals surface area contributed by atoms with Crippen molar-refractivity contribution in [2.45, 2.75) is 45.7 Å². The summed E-state index contributed by atoms with van der Waals surface area (Å²) in [4.78, 5) is 31.5. The largest absolute Gasteiger partial charge is 0.452 e. The number of pyridine rings is 1. The molecule has 3 rings (SSSR count). The van der Waals surface area contributed by atoms with Gasteiger partial charge in [0.2, 0.25) is 0 Å². The maximum atomic E-state index is 12.8. The minimum Gasteiger partial charge on any atom is -0.452 e. The van der Waals surface area contributed by atoms with Crippen LogP contribution >= 0.6 is 0 Å². The Morgan fingerprint density at radius 1 is 1.31 bits per heavy atom. The molecule has 156 valence electrons. The molecule has 0 spiro atoms. The number of carbonyl (C=O) groups excluding carboxylic acids is 2. The van der Waals surface area contributed by atoms with Gasteiger partial charge in [-0.2, -0.15) is 0 Å². The first-order valence-corrected chi connectivity index (χ1v) is 11.6. The zero-order valence-electron chi connectivity index (χ0n) is 16.9. The molecule has 1 fully saturated rings. The molecular formula is C21H26N2O5S. The van der Waals surface area contributed by atoms with Crippen LogP contribution in [0.25, 0.3) is 10.9 Å². The molecule has 0 bridgehead atoms. The molecule has 0 N–H and O–H groups in total. The summed E-state index contributed by atoms with van der Waals surface area (Å²) >= 11 is 0. The van der Waals surface area contributed by atoms with E-state index in [0.29, 0.717) is 35.0 Å². The highest BCUT2D eigenvalue weighted by atomic mass is 32.2. The zero-order valence-corrected chi connectivity index (χ0v) is 17.7. The standard InChI is InChI=1S/C21H26N2O5S/c1-4-15(3)23(16-9-10-29(26,27)13-16)20(24)12-28-21(25)18-11-14(2)22-19-8-6-5-7-17(18)19/h5-8,11,15-16H,4,9-10,12-13H2,1-3H3/t15-,16-/m1/s1. The lowest BCUT2D eigenvalue weighted by Gasteiger charge is -2.33. The summed E-state index contributed by atoms with van der Waals surface area (Å²) in [5.74, 6) is -0.918. The number of hydrogen-bond acceptors (Lipinski definition) is 6. The van der Waals surface area contributed by atoms with Gasteiger partial charge in [-0.1, -0.05) is 25.1 Å². The van der Waals surface area contributed by atoms with Gasteiger partial charge in [-0.15, -0.1) is 0 Å². The molecule has 1 saturated heterocycles. The van der Waals surface area contributed by atoms with Crippen molar-refractivity contribution in [1.29, 1.82) is 0 Å². The molecule has 1 aliphatic rings. The monoisotopic (exact) mass is 418 g/mol. The molecule has 7 nitrogen and oxygen atoms in total. The third-order valence-corrected chi connectivity index (χ3v) is 7.10. The number of sulfone groups is 1. The molecular weight excluding hydrogens is 392 g/mol. The van der Waals surface area contributed by atoms with E-state index in [1.54, 1.807) is 24.0 Å². The number of ether oxygens (including phenoxy) is 1. The van der Waals surface area contributed by atoms with Crippen LogP contribution in [0.4, 0.5) is 0 Å². The van der Waals surface area contributed by atoms with Crippen LogP contribution in [-0.4, -0.2) is 60.4 Å². The third-order valence-electron chi connectivity index (χ3n) is 5.35. The Balaban J connectivity index is 1.76. The average molecular weight is 419 g/mol. The van der Waals surface area contributed by atoms with E-state index >= 15 is 0 Å². The van der Waals surface area contributed by atoms with Gasteiger partial charge in [-0.3, -0.25) is 9.78 Å². The van der Waals surface area contributed by atoms with E-state index in [4.69, 9.17) is 4.74 Å². The first kappa shape index (κ1) is 21.2. The summed E-state index contributed by atoms with van der Waals surface area (Å²) < 4.78 is 29.0. The molecule has 29 heavy (non-hydrogen) atoms. The topological polar surface area (TPSA) is 93.6 Å². The van der Waals surface area contributed by atoms with E-state index in [0.717, 1.165) is 0 Å². The molecule has 1 aromatic heterocycles. The summed E-state index contributed by atoms with van der Waals surface area (Å²) in [6, 6.07) is 8.39. The van der Waals surface area contributed by atoms with Crippen molar-refractivity contribution in [1.82, 2.24) is 9.88 Å². The molecule has 1 aliphatic heterocycles. The number of rotatable bonds is 6. The highest BCUT2D eigenvalue weighted by molar-refractivity contribution is 7.91. The number of esters is 1. The maximum Gasteiger partial charge on any atom is 0.339 e. The first-order chi connectivity index (χ1) is 13.7. The minimum atomic E-state index is -3.13. The zero-order chi connectivity index (χ0) is 21.2. The first-order valence-electron chi connectivity index (χ1n) is 9.77. The van der Waals surface area contributed by atoms with Crippen molar-refractivity contribution in [2.24, 2.45) is 0 Å². The molecule has 2 heterocycles. The second-order valence-electron chi connectivity index (χ2n) is 7.52. The fourth-order valence-corrected chi connectivity index (χ4v) is 5.47. The smallest absolute Gasteiger partial charge is 0.339 e. The summed E-state index contributed by atoms with van der Waals surface area (Å²) in [5, 5.41) is 0.663. The summed E-state index contributed by atoms with van der Waals surface area (Å²) in [6.07, 6.45) is 1.10. The minimum absolute atomic E-state index is 0.0365. The summed E-state index contributed by atoms with van der Waals surface area (Å²) in [7, 11) is -3.13. The third kappa shape index (κ3) is 4.75. The van der Waals surface area contributed by atoms with E-state index in [9.17, 15) is 18.0 Å². The van der Waals surface area contributed by atoms with Gasteiger partial charge in [-0.25, -0.2) is 13.2 Å². The number of hydrogen-bond donors (Lipinski definition) is 0. The second kappa shape index (κ2) is 8.49. The molecule has 0 saturated carbocycles. The van der Waals surface area contributed by atoms with Gasteiger partial charge >= 0.3 is 5.97 Å². The fourth-order valence-electron chi connectivity index (χ4n) is 3.76. The van der Waals surface area contributed by atoms with Crippen LogP contribution in [0.2, 0.25) is 0 Å². The Labute approximate surface area is 171 Å². The molecule has 1 amide bonds. The Morgan fingerprint density at radius 2 is 2.03 bits per heavy atom. The Bertz CT molecular complexity index is 1030. The lowest BCUT2D eigenvalue weighted by Crippen LogP contribution is -2.48. The molecule has 2 atom stereocenters. The van der Waals surface area contributed by atoms with Crippen molar-refractivity contribution in [3.63, 3.8) is 0 Å². The van der Waals surface area contributed by atoms with Gasteiger partial charge in [0.05, 0.1) is 22.6 Å². The lowest BCUT2D eigenvalue weighted by molar-refractivity contribution is -0.138. The van der Waals surface area contributed by atoms with Crippen molar-refractivity contribution >= 4 is 32.6 Å². The molecule has 0 aliphatic carbocycles. The SMILES string of the molecule is CC[C@@H](C)N(C(=O)COC(=O)c1cc(C)nc2ccccc12)[C@@H]1CCS(=O)(=O)C1. The van der Waals surface area contributed by atoms with Gasteiger partial charge < -0.3 is 9.64 Å². The van der Waals surface area contributed by atoms with E-state index in [1.165, 1.54) is 0 Å². The van der Waals surface area contributed by atoms with Gasteiger partial charge in [0, 0.05) is 23.2 Å². The molecule has 8 heteroatoms. The van der Waals surface area contributed by atoms with Gasteiger partial charge in [0.25, 0.3) is 5.91 Å². The number of fused-ring (bicyclic) bond motifs is 1. The van der Waals surface area contributed by atoms with E-state index in [2.05, 4.69) is 4.98 Å². The molecule has 1 aromatic carbocycles. The van der Waals surface area contributed by atoms with Crippen molar-refractivity contribution in [3.05, 3.63) is 41.6 Å². The van der Waals surface area contributed by atoms with Crippen LogP contribution in [0.3, 0.4) is 0 Å². The molecule has 2 aromatic rings. The number of amides is 1. The van der Waals surface area contributed by atoms with Crippen LogP contribution in [0.1, 0.15) is 42.7 Å². The van der Waals surface area contributed by atoms with Crippen molar-refractivity contribution in [3.8, 4) is 0 Å². The summed E-state index contributed by atoms with van der Waals surface area (Å²) in [6.45, 7) is 5.19. The maximum absolute atomic E-state index is 12.8. The second-order valence-corrected chi connectivity index (χ2v) is 9.75. The number of aryl methyl sites for hydroxylation is 1. The Morgan fingerprint density at radius 3 is 2.69 bits per heavy atom. The van der Waals surface area contributed by atoms with Crippen LogP contribution in [0, 0.1) is 6.92 Å². The van der Waals surface area contributed by atoms with Gasteiger partial charge in [-0.05, 0) is 38.8 Å². The van der Waals surface area contributed by atoms with Crippen LogP contribution in [0.5, 0.6) is 0 Å². The highest BCUT2D eigenvalue weighted by Crippen LogP contribution is 2.22. The average Bonchev–Trinajstić information content (AvgIpc) is 3.04. The number of benzene rings is 1. The number of carbonyl (C=O) groups is 2. The summed E-state index contributed by atoms with van der Waals surface area (Å²) in [5.41, 5.74) is 1.72. The Kier molecular flexibility index (Phi) is 6.21. The predicted molar refractivity (Wildman–Crippen MR) is 110 cm³/mol. The predicted octanol–water partition coefficient (Wildman–Crippen LogP) is 2.51. The van der Waals surface area contributed by atoms with Gasteiger partial charge in [0.15, 0.2) is 16.4 Å². The number of nitrogens with zero attached hydrogens (tertiary/aromatic N) is 2. The highest BCUT2D eigenvalue weighted by Gasteiger charge is 2.36. The van der Waals surface area contributed by atoms with Crippen molar-refractivity contribution in [2.75, 3.05) is 18.1 Å². The molecule has 0 radical (unpaired) electrons. The van der Waals surface area contributed by atoms with Crippen LogP contribution in [0.15, 0.2) is 30.3 Å². The fraction of sp³-hybridized carbons (Fsp3) is 0.476. The van der Waals surface area contributed by atoms with E-state index in [-0.39, 0.29) is 29.5 Å². The van der Waals surface area contributed by atoms with E-state index in [1.807, 2.05) is 32.0 Å². The quantitative estimate of drug-likeness (QED) is 0.669. The number of para-hydroxylation sites is 1. The molecule has 0 unspecified atom stereocenters. The number of aromatic nitrogens is 1. The van der Waals surface area contributed by atoms with Gasteiger partial charge in [0.1, 0.15) is 0 Å². The van der Waals surface area contributed by atoms with E-state index < -0.39 is 22.4 Å².